The number of hydrogen-bond acceptors (Lipinski definition) is 3. The number of nitrogens with one attached hydrogen (secondary N) is 1. The lowest BCUT2D eigenvalue weighted by atomic mass is 9.97. The van der Waals surface area contributed by atoms with E-state index in [1.165, 1.54) is 18.2 Å². The maximum atomic E-state index is 13.7. The van der Waals surface area contributed by atoms with Crippen molar-refractivity contribution in [2.75, 3.05) is 7.05 Å². The lowest BCUT2D eigenvalue weighted by Crippen LogP contribution is -2.22. The number of halogens is 2. The average Bonchev–Trinajstić information content (AvgIpc) is 2.42. The van der Waals surface area contributed by atoms with Gasteiger partial charge in [-0.05, 0) is 51.1 Å². The third-order valence-electron chi connectivity index (χ3n) is 3.33. The molecule has 0 amide bonds. The van der Waals surface area contributed by atoms with Gasteiger partial charge in [0.15, 0.2) is 0 Å². The molecule has 2 rings (SSSR count). The van der Waals surface area contributed by atoms with Gasteiger partial charge in [0.1, 0.15) is 11.6 Å². The molecule has 0 aliphatic heterocycles. The quantitative estimate of drug-likeness (QED) is 0.933. The number of aromatic nitrogens is 2. The van der Waals surface area contributed by atoms with Crippen molar-refractivity contribution in [2.24, 2.45) is 0 Å². The van der Waals surface area contributed by atoms with Gasteiger partial charge in [-0.1, -0.05) is 6.07 Å². The highest BCUT2D eigenvalue weighted by Gasteiger charge is 2.18. The smallest absolute Gasteiger partial charge is 0.129 e. The van der Waals surface area contributed by atoms with Crippen molar-refractivity contribution in [1.29, 1.82) is 0 Å². The fourth-order valence-corrected chi connectivity index (χ4v) is 2.22. The minimum atomic E-state index is -0.526. The number of aryl methyl sites for hydroxylation is 2. The van der Waals surface area contributed by atoms with Crippen molar-refractivity contribution in [3.63, 3.8) is 0 Å². The second-order valence-corrected chi connectivity index (χ2v) is 4.77. The predicted octanol–water partition coefficient (Wildman–Crippen LogP) is 2.87. The van der Waals surface area contributed by atoms with E-state index in [0.717, 1.165) is 17.0 Å². The summed E-state index contributed by atoms with van der Waals surface area (Å²) >= 11 is 0. The molecular weight excluding hydrogens is 260 g/mol. The van der Waals surface area contributed by atoms with E-state index >= 15 is 0 Å². The van der Waals surface area contributed by atoms with Crippen LogP contribution in [0.2, 0.25) is 0 Å². The van der Waals surface area contributed by atoms with Crippen LogP contribution in [-0.2, 0) is 6.42 Å². The van der Waals surface area contributed by atoms with Crippen LogP contribution in [0.15, 0.2) is 24.3 Å². The molecule has 0 saturated carbocycles. The Hall–Kier alpha value is -1.88. The lowest BCUT2D eigenvalue weighted by molar-refractivity contribution is 0.512. The Balaban J connectivity index is 2.36. The first kappa shape index (κ1) is 14.5. The molecule has 0 saturated heterocycles. The van der Waals surface area contributed by atoms with Crippen LogP contribution in [0.4, 0.5) is 8.78 Å². The van der Waals surface area contributed by atoms with Gasteiger partial charge in [-0.25, -0.2) is 8.78 Å². The lowest BCUT2D eigenvalue weighted by Gasteiger charge is -2.19. The third kappa shape index (κ3) is 2.99. The first-order chi connectivity index (χ1) is 9.52. The van der Waals surface area contributed by atoms with Crippen LogP contribution >= 0.6 is 0 Å². The van der Waals surface area contributed by atoms with Gasteiger partial charge in [-0.15, -0.1) is 0 Å². The van der Waals surface area contributed by atoms with Gasteiger partial charge in [0, 0.05) is 11.6 Å². The Kier molecular flexibility index (Phi) is 4.39. The zero-order valence-electron chi connectivity index (χ0n) is 11.7. The topological polar surface area (TPSA) is 37.8 Å². The van der Waals surface area contributed by atoms with E-state index in [4.69, 9.17) is 0 Å². The minimum absolute atomic E-state index is 0.0840. The molecule has 0 fully saturated rings. The zero-order valence-corrected chi connectivity index (χ0v) is 11.7. The monoisotopic (exact) mass is 277 g/mol. The van der Waals surface area contributed by atoms with Gasteiger partial charge >= 0.3 is 0 Å². The summed E-state index contributed by atoms with van der Waals surface area (Å²) < 4.78 is 27.5. The summed E-state index contributed by atoms with van der Waals surface area (Å²) in [6.07, 6.45) is 0.223. The van der Waals surface area contributed by atoms with E-state index in [9.17, 15) is 8.78 Å². The number of benzene rings is 1. The highest BCUT2D eigenvalue weighted by atomic mass is 19.1. The Morgan fingerprint density at radius 1 is 1.15 bits per heavy atom. The van der Waals surface area contributed by atoms with E-state index in [1.807, 2.05) is 19.9 Å². The van der Waals surface area contributed by atoms with Crippen LogP contribution < -0.4 is 5.32 Å². The highest BCUT2D eigenvalue weighted by Crippen LogP contribution is 2.23. The molecule has 1 atom stereocenters. The van der Waals surface area contributed by atoms with E-state index in [1.54, 1.807) is 7.05 Å². The van der Waals surface area contributed by atoms with Gasteiger partial charge in [-0.3, -0.25) is 0 Å². The normalized spacial score (nSPS) is 12.4. The highest BCUT2D eigenvalue weighted by molar-refractivity contribution is 5.28. The van der Waals surface area contributed by atoms with Crippen LogP contribution in [0.5, 0.6) is 0 Å². The standard InChI is InChI=1S/C15H17F2N3/c1-9-7-11(10(2)20-19-9)15(18-3)8-12-13(16)5-4-6-14(12)17/h4-7,15,18H,8H2,1-3H3. The molecule has 1 aromatic heterocycles. The molecule has 2 aromatic rings. The predicted molar refractivity (Wildman–Crippen MR) is 73.4 cm³/mol. The summed E-state index contributed by atoms with van der Waals surface area (Å²) in [5, 5.41) is 11.1. The molecular formula is C15H17F2N3. The Labute approximate surface area is 117 Å². The third-order valence-corrected chi connectivity index (χ3v) is 3.33. The van der Waals surface area contributed by atoms with Crippen molar-refractivity contribution in [1.82, 2.24) is 15.5 Å². The Morgan fingerprint density at radius 2 is 1.80 bits per heavy atom. The SMILES string of the molecule is CNC(Cc1c(F)cccc1F)c1cc(C)nnc1C. The first-order valence-corrected chi connectivity index (χ1v) is 6.44. The number of rotatable bonds is 4. The second-order valence-electron chi connectivity index (χ2n) is 4.77. The fourth-order valence-electron chi connectivity index (χ4n) is 2.22. The summed E-state index contributed by atoms with van der Waals surface area (Å²) in [5.74, 6) is -1.05. The molecule has 0 spiro atoms. The summed E-state index contributed by atoms with van der Waals surface area (Å²) in [5.41, 5.74) is 2.52. The molecule has 1 unspecified atom stereocenters. The number of nitrogens with zero attached hydrogens (tertiary/aromatic N) is 2. The molecule has 1 aromatic carbocycles. The maximum absolute atomic E-state index is 13.7. The molecule has 0 aliphatic rings. The second kappa shape index (κ2) is 6.05. The summed E-state index contributed by atoms with van der Waals surface area (Å²) in [6, 6.07) is 5.59. The van der Waals surface area contributed by atoms with Gasteiger partial charge in [-0.2, -0.15) is 10.2 Å². The number of hydrogen-bond donors (Lipinski definition) is 1. The summed E-state index contributed by atoms with van der Waals surface area (Å²) in [7, 11) is 1.76. The molecule has 1 heterocycles. The summed E-state index contributed by atoms with van der Waals surface area (Å²) in [6.45, 7) is 3.68. The minimum Gasteiger partial charge on any atom is -0.313 e. The van der Waals surface area contributed by atoms with Crippen LogP contribution in [0.25, 0.3) is 0 Å². The average molecular weight is 277 g/mol. The molecule has 106 valence electrons. The summed E-state index contributed by atoms with van der Waals surface area (Å²) in [4.78, 5) is 0. The van der Waals surface area contributed by atoms with E-state index in [2.05, 4.69) is 15.5 Å². The molecule has 1 N–H and O–H groups in total. The molecule has 0 aliphatic carbocycles. The number of likely N-dealkylation sites (N-methyl/N-ethyl adjacent to an activating group) is 1. The first-order valence-electron chi connectivity index (χ1n) is 6.44. The van der Waals surface area contributed by atoms with Crippen molar-refractivity contribution >= 4 is 0 Å². The van der Waals surface area contributed by atoms with Gasteiger partial charge in [0.25, 0.3) is 0 Å². The molecule has 5 heteroatoms. The fraction of sp³-hybridized carbons (Fsp3) is 0.333. The Morgan fingerprint density at radius 3 is 2.40 bits per heavy atom. The Bertz CT molecular complexity index is 594. The van der Waals surface area contributed by atoms with Gasteiger partial charge in [0.2, 0.25) is 0 Å². The van der Waals surface area contributed by atoms with Crippen molar-refractivity contribution < 1.29 is 8.78 Å². The largest absolute Gasteiger partial charge is 0.313 e. The molecule has 0 bridgehead atoms. The maximum Gasteiger partial charge on any atom is 0.129 e. The van der Waals surface area contributed by atoms with E-state index < -0.39 is 11.6 Å². The van der Waals surface area contributed by atoms with E-state index in [0.29, 0.717) is 0 Å². The zero-order chi connectivity index (χ0) is 14.7. The van der Waals surface area contributed by atoms with Crippen molar-refractivity contribution in [2.45, 2.75) is 26.3 Å². The molecule has 3 nitrogen and oxygen atoms in total. The van der Waals surface area contributed by atoms with Crippen LogP contribution in [0, 0.1) is 25.5 Å². The van der Waals surface area contributed by atoms with Crippen molar-refractivity contribution in [3.05, 3.63) is 58.4 Å². The molecule has 20 heavy (non-hydrogen) atoms. The van der Waals surface area contributed by atoms with Crippen LogP contribution in [0.1, 0.15) is 28.6 Å². The van der Waals surface area contributed by atoms with Gasteiger partial charge in [0.05, 0.1) is 11.4 Å². The van der Waals surface area contributed by atoms with E-state index in [-0.39, 0.29) is 18.0 Å². The van der Waals surface area contributed by atoms with Crippen LogP contribution in [-0.4, -0.2) is 17.2 Å². The van der Waals surface area contributed by atoms with Crippen molar-refractivity contribution in [3.8, 4) is 0 Å². The van der Waals surface area contributed by atoms with Gasteiger partial charge < -0.3 is 5.32 Å². The van der Waals surface area contributed by atoms with Crippen LogP contribution in [0.3, 0.4) is 0 Å². The molecule has 0 radical (unpaired) electrons.